The highest BCUT2D eigenvalue weighted by atomic mass is 32.2. The molecule has 1 fully saturated rings. The lowest BCUT2D eigenvalue weighted by Gasteiger charge is -2.13. The molecule has 1 aliphatic rings. The van der Waals surface area contributed by atoms with Crippen LogP contribution in [0.1, 0.15) is 20.3 Å². The van der Waals surface area contributed by atoms with Gasteiger partial charge in [-0.05, 0) is 19.1 Å². The van der Waals surface area contributed by atoms with Gasteiger partial charge in [0.1, 0.15) is 0 Å². The van der Waals surface area contributed by atoms with Crippen molar-refractivity contribution in [2.45, 2.75) is 31.6 Å². The van der Waals surface area contributed by atoms with Gasteiger partial charge in [0.05, 0.1) is 6.54 Å². The maximum Gasteiger partial charge on any atom is 0.0578 e. The van der Waals surface area contributed by atoms with Gasteiger partial charge in [0, 0.05) is 11.3 Å². The molecule has 2 heteroatoms. The van der Waals surface area contributed by atoms with Crippen molar-refractivity contribution >= 4 is 11.8 Å². The van der Waals surface area contributed by atoms with Gasteiger partial charge in [-0.15, -0.1) is 5.92 Å². The van der Waals surface area contributed by atoms with E-state index in [0.717, 1.165) is 11.8 Å². The molecule has 62 valence electrons. The Labute approximate surface area is 73.3 Å². The van der Waals surface area contributed by atoms with Crippen molar-refractivity contribution in [3.8, 4) is 11.8 Å². The normalized spacial score (nSPS) is 29.6. The van der Waals surface area contributed by atoms with Crippen molar-refractivity contribution in [2.24, 2.45) is 0 Å². The highest BCUT2D eigenvalue weighted by molar-refractivity contribution is 8.00. The highest BCUT2D eigenvalue weighted by Gasteiger charge is 2.22. The Hall–Kier alpha value is -0.130. The summed E-state index contributed by atoms with van der Waals surface area (Å²) in [5.74, 6) is 7.22. The average molecular weight is 169 g/mol. The zero-order chi connectivity index (χ0) is 8.10. The summed E-state index contributed by atoms with van der Waals surface area (Å²) in [6, 6.07) is 0.695. The van der Waals surface area contributed by atoms with Crippen LogP contribution in [0.2, 0.25) is 0 Å². The molecule has 0 radical (unpaired) electrons. The van der Waals surface area contributed by atoms with E-state index in [2.05, 4.69) is 35.8 Å². The van der Waals surface area contributed by atoms with Crippen molar-refractivity contribution in [2.75, 3.05) is 12.3 Å². The van der Waals surface area contributed by atoms with Gasteiger partial charge in [-0.25, -0.2) is 0 Å². The first-order valence-electron chi connectivity index (χ1n) is 4.09. The Morgan fingerprint density at radius 2 is 2.45 bits per heavy atom. The molecular weight excluding hydrogens is 154 g/mol. The smallest absolute Gasteiger partial charge is 0.0578 e. The molecule has 1 rings (SSSR count). The first kappa shape index (κ1) is 8.96. The zero-order valence-electron chi connectivity index (χ0n) is 7.18. The Balaban J connectivity index is 2.18. The molecule has 1 nitrogen and oxygen atoms in total. The van der Waals surface area contributed by atoms with E-state index in [-0.39, 0.29) is 0 Å². The van der Waals surface area contributed by atoms with Gasteiger partial charge in [0.2, 0.25) is 0 Å². The second-order valence-corrected chi connectivity index (χ2v) is 4.26. The van der Waals surface area contributed by atoms with E-state index in [1.165, 1.54) is 12.2 Å². The highest BCUT2D eigenvalue weighted by Crippen LogP contribution is 2.25. The fourth-order valence-electron chi connectivity index (χ4n) is 1.27. The third-order valence-corrected chi connectivity index (χ3v) is 3.33. The van der Waals surface area contributed by atoms with Crippen molar-refractivity contribution < 1.29 is 0 Å². The maximum atomic E-state index is 3.44. The molecule has 0 aromatic carbocycles. The van der Waals surface area contributed by atoms with Gasteiger partial charge < -0.3 is 5.32 Å². The van der Waals surface area contributed by atoms with Crippen LogP contribution in [0, 0.1) is 11.8 Å². The van der Waals surface area contributed by atoms with E-state index >= 15 is 0 Å². The number of thioether (sulfide) groups is 1. The standard InChI is InChI=1S/C9H15NS/c1-3-4-6-10-9-5-7-11-8(9)2/h8-10H,5-7H2,1-2H3. The van der Waals surface area contributed by atoms with Crippen LogP contribution in [0.25, 0.3) is 0 Å². The van der Waals surface area contributed by atoms with Crippen LogP contribution >= 0.6 is 11.8 Å². The Morgan fingerprint density at radius 3 is 3.00 bits per heavy atom. The topological polar surface area (TPSA) is 12.0 Å². The van der Waals surface area contributed by atoms with E-state index in [4.69, 9.17) is 0 Å². The third-order valence-electron chi connectivity index (χ3n) is 2.01. The third kappa shape index (κ3) is 2.76. The molecule has 1 aliphatic heterocycles. The fraction of sp³-hybridized carbons (Fsp3) is 0.778. The van der Waals surface area contributed by atoms with Gasteiger partial charge in [-0.3, -0.25) is 0 Å². The quantitative estimate of drug-likeness (QED) is 0.629. The maximum absolute atomic E-state index is 3.44. The number of rotatable bonds is 2. The molecule has 0 aromatic rings. The Bertz CT molecular complexity index is 168. The lowest BCUT2D eigenvalue weighted by Crippen LogP contribution is -2.33. The zero-order valence-corrected chi connectivity index (χ0v) is 8.00. The minimum Gasteiger partial charge on any atom is -0.302 e. The van der Waals surface area contributed by atoms with E-state index in [1.807, 2.05) is 6.92 Å². The number of hydrogen-bond donors (Lipinski definition) is 1. The second kappa shape index (κ2) is 4.69. The fourth-order valence-corrected chi connectivity index (χ4v) is 2.50. The van der Waals surface area contributed by atoms with Crippen molar-refractivity contribution in [1.29, 1.82) is 0 Å². The van der Waals surface area contributed by atoms with Gasteiger partial charge in [0.25, 0.3) is 0 Å². The van der Waals surface area contributed by atoms with Crippen molar-refractivity contribution in [3.63, 3.8) is 0 Å². The molecule has 0 saturated carbocycles. The molecule has 1 saturated heterocycles. The summed E-state index contributed by atoms with van der Waals surface area (Å²) in [7, 11) is 0. The monoisotopic (exact) mass is 169 g/mol. The molecule has 0 aliphatic carbocycles. The van der Waals surface area contributed by atoms with E-state index < -0.39 is 0 Å². The minimum absolute atomic E-state index is 0.695. The van der Waals surface area contributed by atoms with Gasteiger partial charge in [-0.1, -0.05) is 12.8 Å². The first-order chi connectivity index (χ1) is 5.34. The first-order valence-corrected chi connectivity index (χ1v) is 5.14. The number of nitrogens with one attached hydrogen (secondary N) is 1. The van der Waals surface area contributed by atoms with Crippen LogP contribution in [0.15, 0.2) is 0 Å². The molecule has 0 spiro atoms. The van der Waals surface area contributed by atoms with Crippen LogP contribution < -0.4 is 5.32 Å². The van der Waals surface area contributed by atoms with Crippen LogP contribution in [0.5, 0.6) is 0 Å². The van der Waals surface area contributed by atoms with E-state index in [9.17, 15) is 0 Å². The van der Waals surface area contributed by atoms with Gasteiger partial charge in [0.15, 0.2) is 0 Å². The van der Waals surface area contributed by atoms with E-state index in [1.54, 1.807) is 0 Å². The summed E-state index contributed by atoms with van der Waals surface area (Å²) in [6.45, 7) is 5.02. The largest absolute Gasteiger partial charge is 0.302 e. The molecule has 1 N–H and O–H groups in total. The van der Waals surface area contributed by atoms with Crippen LogP contribution in [-0.4, -0.2) is 23.6 Å². The molecule has 0 amide bonds. The molecular formula is C9H15NS. The molecule has 2 unspecified atom stereocenters. The van der Waals surface area contributed by atoms with Crippen molar-refractivity contribution in [3.05, 3.63) is 0 Å². The summed E-state index contributed by atoms with van der Waals surface area (Å²) in [5.41, 5.74) is 0. The molecule has 2 atom stereocenters. The van der Waals surface area contributed by atoms with Crippen molar-refractivity contribution in [1.82, 2.24) is 5.32 Å². The summed E-state index contributed by atoms with van der Waals surface area (Å²) in [6.07, 6.45) is 1.30. The molecule has 11 heavy (non-hydrogen) atoms. The predicted octanol–water partition coefficient (Wildman–Crippen LogP) is 1.49. The predicted molar refractivity (Wildman–Crippen MR) is 51.8 cm³/mol. The second-order valence-electron chi connectivity index (χ2n) is 2.78. The van der Waals surface area contributed by atoms with Crippen LogP contribution in [0.3, 0.4) is 0 Å². The van der Waals surface area contributed by atoms with Gasteiger partial charge in [-0.2, -0.15) is 11.8 Å². The molecule has 1 heterocycles. The summed E-state index contributed by atoms with van der Waals surface area (Å²) >= 11 is 2.05. The van der Waals surface area contributed by atoms with Gasteiger partial charge >= 0.3 is 0 Å². The lowest BCUT2D eigenvalue weighted by atomic mass is 10.2. The lowest BCUT2D eigenvalue weighted by molar-refractivity contribution is 0.547. The molecule has 0 aromatic heterocycles. The number of hydrogen-bond acceptors (Lipinski definition) is 2. The summed E-state index contributed by atoms with van der Waals surface area (Å²) < 4.78 is 0. The van der Waals surface area contributed by atoms with Crippen LogP contribution in [-0.2, 0) is 0 Å². The Morgan fingerprint density at radius 1 is 1.64 bits per heavy atom. The van der Waals surface area contributed by atoms with E-state index in [0.29, 0.717) is 6.04 Å². The SMILES string of the molecule is CC#CCNC1CCSC1C. The summed E-state index contributed by atoms with van der Waals surface area (Å²) in [4.78, 5) is 0. The molecule has 0 bridgehead atoms. The van der Waals surface area contributed by atoms with Crippen LogP contribution in [0.4, 0.5) is 0 Å². The minimum atomic E-state index is 0.695. The average Bonchev–Trinajstić information content (AvgIpc) is 2.37. The summed E-state index contributed by atoms with van der Waals surface area (Å²) in [5, 5.41) is 4.21. The Kier molecular flexibility index (Phi) is 3.82.